The largest absolute Gasteiger partial charge is 0.366 e. The molecule has 0 N–H and O–H groups in total. The van der Waals surface area contributed by atoms with E-state index in [-0.39, 0.29) is 0 Å². The zero-order chi connectivity index (χ0) is 10.6. The molecule has 0 aliphatic carbocycles. The van der Waals surface area contributed by atoms with Gasteiger partial charge >= 0.3 is 6.03 Å². The molecular weight excluding hydrogens is 176 g/mol. The zero-order valence-corrected chi connectivity index (χ0v) is 8.94. The van der Waals surface area contributed by atoms with E-state index in [1.807, 2.05) is 6.08 Å². The van der Waals surface area contributed by atoms with Crippen molar-refractivity contribution in [3.8, 4) is 0 Å². The van der Waals surface area contributed by atoms with Gasteiger partial charge < -0.3 is 0 Å². The molecule has 0 radical (unpaired) electrons. The van der Waals surface area contributed by atoms with Gasteiger partial charge in [0, 0.05) is 12.4 Å². The average Bonchev–Trinajstić information content (AvgIpc) is 2.17. The van der Waals surface area contributed by atoms with Crippen molar-refractivity contribution in [3.05, 3.63) is 12.2 Å². The molecule has 14 heavy (non-hydrogen) atoms. The molecule has 0 aliphatic rings. The molecule has 0 fully saturated rings. The second-order valence-electron chi connectivity index (χ2n) is 2.87. The molecule has 0 aliphatic heterocycles. The highest BCUT2D eigenvalue weighted by atomic mass is 16.2. The maximum Gasteiger partial charge on any atom is 0.366 e. The highest BCUT2D eigenvalue weighted by Gasteiger charge is 1.85. The third-order valence-electron chi connectivity index (χ3n) is 1.62. The summed E-state index contributed by atoms with van der Waals surface area (Å²) in [6, 6.07) is -0.453. The summed E-state index contributed by atoms with van der Waals surface area (Å²) in [6.45, 7) is 3.86. The van der Waals surface area contributed by atoms with Crippen molar-refractivity contribution in [2.45, 2.75) is 39.5 Å². The minimum atomic E-state index is -0.453. The van der Waals surface area contributed by atoms with Crippen molar-refractivity contribution < 1.29 is 4.79 Å². The van der Waals surface area contributed by atoms with Gasteiger partial charge in [0.15, 0.2) is 0 Å². The minimum absolute atomic E-state index is 0.453. The van der Waals surface area contributed by atoms with Crippen LogP contribution in [-0.4, -0.2) is 18.5 Å². The van der Waals surface area contributed by atoms with Crippen LogP contribution >= 0.6 is 0 Å². The predicted molar refractivity (Wildman–Crippen MR) is 61.3 cm³/mol. The lowest BCUT2D eigenvalue weighted by Crippen LogP contribution is -1.83. The molecule has 0 spiro atoms. The minimum Gasteiger partial charge on any atom is -0.244 e. The summed E-state index contributed by atoms with van der Waals surface area (Å²) >= 11 is 0. The highest BCUT2D eigenvalue weighted by molar-refractivity contribution is 5.91. The molecule has 2 amide bonds. The molecule has 0 bridgehead atoms. The van der Waals surface area contributed by atoms with Crippen LogP contribution in [0.4, 0.5) is 4.79 Å². The van der Waals surface area contributed by atoms with E-state index in [2.05, 4.69) is 16.9 Å². The number of urea groups is 1. The van der Waals surface area contributed by atoms with Crippen LogP contribution in [0.3, 0.4) is 0 Å². The van der Waals surface area contributed by atoms with Gasteiger partial charge in [0.25, 0.3) is 0 Å². The fraction of sp³-hybridized carbons (Fsp3) is 0.545. The number of unbranched alkanes of at least 4 members (excludes halogenated alkanes) is 3. The quantitative estimate of drug-likeness (QED) is 0.488. The SMILES string of the molecule is CC=NC(=O)N=CC=CCCCCC. The fourth-order valence-corrected chi connectivity index (χ4v) is 0.920. The number of hydrogen-bond acceptors (Lipinski definition) is 1. The van der Waals surface area contributed by atoms with Crippen molar-refractivity contribution in [2.24, 2.45) is 9.98 Å². The Balaban J connectivity index is 3.55. The molecule has 0 aromatic heterocycles. The standard InChI is InChI=1S/C11H18N2O/c1-3-5-6-7-8-9-10-13-11(14)12-4-2/h4,8-10H,3,5-7H2,1-2H3. The van der Waals surface area contributed by atoms with E-state index in [1.54, 1.807) is 13.0 Å². The lowest BCUT2D eigenvalue weighted by atomic mass is 10.2. The monoisotopic (exact) mass is 194 g/mol. The van der Waals surface area contributed by atoms with Gasteiger partial charge in [-0.05, 0) is 25.8 Å². The molecule has 0 saturated heterocycles. The first-order valence-electron chi connectivity index (χ1n) is 5.03. The van der Waals surface area contributed by atoms with Gasteiger partial charge in [-0.2, -0.15) is 0 Å². The van der Waals surface area contributed by atoms with Crippen LogP contribution < -0.4 is 0 Å². The van der Waals surface area contributed by atoms with Crippen LogP contribution in [0, 0.1) is 0 Å². The Morgan fingerprint density at radius 2 is 2.07 bits per heavy atom. The number of amides is 2. The Hall–Kier alpha value is -1.25. The van der Waals surface area contributed by atoms with Crippen LogP contribution in [0.15, 0.2) is 22.1 Å². The number of hydrogen-bond donors (Lipinski definition) is 0. The van der Waals surface area contributed by atoms with Crippen LogP contribution in [0.1, 0.15) is 39.5 Å². The number of rotatable bonds is 5. The predicted octanol–water partition coefficient (Wildman–Crippen LogP) is 3.40. The molecule has 3 heteroatoms. The third-order valence-corrected chi connectivity index (χ3v) is 1.62. The van der Waals surface area contributed by atoms with Crippen LogP contribution in [0.2, 0.25) is 0 Å². The molecule has 0 saturated carbocycles. The molecule has 78 valence electrons. The topological polar surface area (TPSA) is 41.8 Å². The first kappa shape index (κ1) is 12.8. The van der Waals surface area contributed by atoms with E-state index in [0.29, 0.717) is 0 Å². The van der Waals surface area contributed by atoms with Crippen molar-refractivity contribution in [3.63, 3.8) is 0 Å². The number of carbonyl (C=O) groups excluding carboxylic acids is 1. The van der Waals surface area contributed by atoms with Crippen molar-refractivity contribution in [1.29, 1.82) is 0 Å². The molecule has 0 heterocycles. The maximum atomic E-state index is 10.7. The van der Waals surface area contributed by atoms with E-state index in [0.717, 1.165) is 6.42 Å². The summed E-state index contributed by atoms with van der Waals surface area (Å²) in [6.07, 6.45) is 11.5. The van der Waals surface area contributed by atoms with E-state index in [1.165, 1.54) is 31.7 Å². The first-order chi connectivity index (χ1) is 6.81. The molecule has 0 unspecified atom stereocenters. The van der Waals surface area contributed by atoms with Gasteiger partial charge in [-0.25, -0.2) is 14.8 Å². The molecule has 0 aromatic rings. The van der Waals surface area contributed by atoms with Crippen LogP contribution in [0.5, 0.6) is 0 Å². The zero-order valence-electron chi connectivity index (χ0n) is 8.94. The lowest BCUT2D eigenvalue weighted by molar-refractivity contribution is 0.257. The van der Waals surface area contributed by atoms with E-state index >= 15 is 0 Å². The third kappa shape index (κ3) is 8.84. The number of aliphatic imine (C=N–C) groups is 2. The summed E-state index contributed by atoms with van der Waals surface area (Å²) in [7, 11) is 0. The Morgan fingerprint density at radius 3 is 2.71 bits per heavy atom. The van der Waals surface area contributed by atoms with Crippen molar-refractivity contribution >= 4 is 18.5 Å². The molecule has 0 aromatic carbocycles. The lowest BCUT2D eigenvalue weighted by Gasteiger charge is -1.89. The number of nitrogens with zero attached hydrogens (tertiary/aromatic N) is 2. The molecular formula is C11H18N2O. The van der Waals surface area contributed by atoms with E-state index in [4.69, 9.17) is 0 Å². The van der Waals surface area contributed by atoms with Crippen LogP contribution in [-0.2, 0) is 0 Å². The summed E-state index contributed by atoms with van der Waals surface area (Å²) < 4.78 is 0. The van der Waals surface area contributed by atoms with Crippen molar-refractivity contribution in [1.82, 2.24) is 0 Å². The number of allylic oxidation sites excluding steroid dienone is 2. The van der Waals surface area contributed by atoms with Gasteiger partial charge in [-0.15, -0.1) is 0 Å². The van der Waals surface area contributed by atoms with E-state index in [9.17, 15) is 4.79 Å². The Bertz CT molecular complexity index is 229. The average molecular weight is 194 g/mol. The highest BCUT2D eigenvalue weighted by Crippen LogP contribution is 1.98. The van der Waals surface area contributed by atoms with Crippen molar-refractivity contribution in [2.75, 3.05) is 0 Å². The van der Waals surface area contributed by atoms with E-state index < -0.39 is 6.03 Å². The first-order valence-corrected chi connectivity index (χ1v) is 5.03. The second-order valence-corrected chi connectivity index (χ2v) is 2.87. The summed E-state index contributed by atoms with van der Waals surface area (Å²) in [5.74, 6) is 0. The maximum absolute atomic E-state index is 10.7. The van der Waals surface area contributed by atoms with Gasteiger partial charge in [-0.1, -0.05) is 25.8 Å². The second kappa shape index (κ2) is 9.84. The van der Waals surface area contributed by atoms with Gasteiger partial charge in [0.05, 0.1) is 0 Å². The fourth-order valence-electron chi connectivity index (χ4n) is 0.920. The summed E-state index contributed by atoms with van der Waals surface area (Å²) in [5.41, 5.74) is 0. The van der Waals surface area contributed by atoms with Gasteiger partial charge in [0.1, 0.15) is 0 Å². The molecule has 3 nitrogen and oxygen atoms in total. The number of carbonyl (C=O) groups is 1. The van der Waals surface area contributed by atoms with Gasteiger partial charge in [0.2, 0.25) is 0 Å². The van der Waals surface area contributed by atoms with Crippen LogP contribution in [0.25, 0.3) is 0 Å². The molecule has 0 rings (SSSR count). The smallest absolute Gasteiger partial charge is 0.244 e. The summed E-state index contributed by atoms with van der Waals surface area (Å²) in [4.78, 5) is 17.8. The van der Waals surface area contributed by atoms with Gasteiger partial charge in [-0.3, -0.25) is 0 Å². The Kier molecular flexibility index (Phi) is 8.96. The normalized spacial score (nSPS) is 12.1. The Morgan fingerprint density at radius 1 is 1.29 bits per heavy atom. The Labute approximate surface area is 85.7 Å². The summed E-state index contributed by atoms with van der Waals surface area (Å²) in [5, 5.41) is 0. The molecule has 0 atom stereocenters.